The molecule has 55 heavy (non-hydrogen) atoms. The van der Waals surface area contributed by atoms with Gasteiger partial charge in [-0.1, -0.05) is 34.9 Å². The Morgan fingerprint density at radius 1 is 0.745 bits per heavy atom. The predicted octanol–water partition coefficient (Wildman–Crippen LogP) is 6.27. The minimum atomic E-state index is -4.89. The van der Waals surface area contributed by atoms with E-state index in [9.17, 15) is 50.6 Å². The minimum absolute atomic E-state index is 0.0662. The number of hydrazine groups is 2. The lowest BCUT2D eigenvalue weighted by Gasteiger charge is -2.44. The van der Waals surface area contributed by atoms with E-state index in [2.05, 4.69) is 9.97 Å². The number of benzene rings is 1. The van der Waals surface area contributed by atoms with Gasteiger partial charge in [-0.05, 0) is 61.2 Å². The van der Waals surface area contributed by atoms with Gasteiger partial charge in [-0.3, -0.25) is 29.2 Å². The van der Waals surface area contributed by atoms with Gasteiger partial charge in [0.05, 0.1) is 40.8 Å². The number of halogens is 8. The molecule has 3 fully saturated rings. The SMILES string of the molecule is COc1ccc(O)c([C@H]2C3=CC[C@@H]4C(=O)N(N(C)c5nc(C(F)(F)F)ccc5Cl)C(=O)[C@@H]4[C@@H]3C[C@H]3C(=O)N(N(C)c4nc(C(F)(F)F)ccc4Cl)C(=O)[C@@H]23)c1. The highest BCUT2D eigenvalue weighted by molar-refractivity contribution is 6.33. The molecule has 2 aliphatic heterocycles. The molecule has 4 aliphatic rings. The minimum Gasteiger partial charge on any atom is -0.508 e. The average molecular weight is 814 g/mol. The van der Waals surface area contributed by atoms with Crippen molar-refractivity contribution in [1.82, 2.24) is 20.0 Å². The first-order chi connectivity index (χ1) is 25.8. The number of phenols is 1. The van der Waals surface area contributed by atoms with Gasteiger partial charge in [0.2, 0.25) is 0 Å². The number of phenolic OH excluding ortho intramolecular Hbond substituents is 1. The van der Waals surface area contributed by atoms with Crippen molar-refractivity contribution in [2.24, 2.45) is 29.6 Å². The first-order valence-corrected chi connectivity index (χ1v) is 17.3. The number of pyridine rings is 2. The lowest BCUT2D eigenvalue weighted by Crippen LogP contribution is -2.46. The number of rotatable bonds is 6. The molecule has 4 heterocycles. The zero-order valence-electron chi connectivity index (χ0n) is 28.7. The molecule has 1 N–H and O–H groups in total. The summed E-state index contributed by atoms with van der Waals surface area (Å²) in [4.78, 5) is 64.2. The Hall–Kier alpha value is -5.10. The fourth-order valence-corrected chi connectivity index (χ4v) is 8.68. The number of amides is 4. The van der Waals surface area contributed by atoms with Crippen LogP contribution in [0.4, 0.5) is 38.0 Å². The monoisotopic (exact) mass is 812 g/mol. The number of methoxy groups -OCH3 is 1. The summed E-state index contributed by atoms with van der Waals surface area (Å²) in [6.45, 7) is 0. The topological polar surface area (TPSA) is 136 Å². The molecule has 20 heteroatoms. The van der Waals surface area contributed by atoms with Crippen LogP contribution in [0, 0.1) is 29.6 Å². The molecule has 2 aliphatic carbocycles. The van der Waals surface area contributed by atoms with Crippen LogP contribution in [-0.2, 0) is 31.5 Å². The van der Waals surface area contributed by atoms with E-state index in [-0.39, 0.29) is 39.9 Å². The van der Waals surface area contributed by atoms with E-state index in [0.29, 0.717) is 27.7 Å². The van der Waals surface area contributed by atoms with Crippen LogP contribution < -0.4 is 14.8 Å². The molecule has 4 amide bonds. The number of allylic oxidation sites excluding steroid dienone is 2. The second-order valence-corrected chi connectivity index (χ2v) is 14.3. The van der Waals surface area contributed by atoms with Crippen LogP contribution in [0.1, 0.15) is 35.7 Å². The summed E-state index contributed by atoms with van der Waals surface area (Å²) >= 11 is 12.4. The Bertz CT molecular complexity index is 2190. The van der Waals surface area contributed by atoms with Crippen molar-refractivity contribution in [2.75, 3.05) is 31.2 Å². The number of alkyl halides is 6. The molecule has 12 nitrogen and oxygen atoms in total. The number of imide groups is 2. The summed E-state index contributed by atoms with van der Waals surface area (Å²) in [7, 11) is 3.66. The molecule has 2 aromatic heterocycles. The van der Waals surface area contributed by atoms with Crippen LogP contribution >= 0.6 is 23.2 Å². The number of ether oxygens (including phenoxy) is 1. The van der Waals surface area contributed by atoms with E-state index < -0.39 is 94.5 Å². The predicted molar refractivity (Wildman–Crippen MR) is 181 cm³/mol. The zero-order valence-corrected chi connectivity index (χ0v) is 30.2. The first kappa shape index (κ1) is 38.2. The van der Waals surface area contributed by atoms with E-state index in [4.69, 9.17) is 27.9 Å². The third kappa shape index (κ3) is 6.09. The van der Waals surface area contributed by atoms with E-state index in [1.807, 2.05) is 0 Å². The molecule has 0 radical (unpaired) electrons. The maximum atomic E-state index is 14.4. The normalized spacial score (nSPS) is 25.1. The van der Waals surface area contributed by atoms with Crippen LogP contribution in [0.25, 0.3) is 0 Å². The maximum absolute atomic E-state index is 14.4. The number of hydrogen-bond donors (Lipinski definition) is 1. The number of carbonyl (C=O) groups is 4. The van der Waals surface area contributed by atoms with Crippen LogP contribution in [0.15, 0.2) is 54.1 Å². The van der Waals surface area contributed by atoms with Crippen molar-refractivity contribution in [3.8, 4) is 11.5 Å². The summed E-state index contributed by atoms with van der Waals surface area (Å²) in [5, 5.41) is 13.6. The van der Waals surface area contributed by atoms with Crippen LogP contribution in [0.5, 0.6) is 11.5 Å². The Labute approximate surface area is 317 Å². The number of carbonyl (C=O) groups excluding carboxylic acids is 4. The summed E-state index contributed by atoms with van der Waals surface area (Å²) in [6, 6.07) is 7.35. The Morgan fingerprint density at radius 3 is 1.76 bits per heavy atom. The second kappa shape index (κ2) is 13.3. The van der Waals surface area contributed by atoms with Gasteiger partial charge in [0.1, 0.15) is 22.9 Å². The Balaban J connectivity index is 1.31. The smallest absolute Gasteiger partial charge is 0.433 e. The molecular weight excluding hydrogens is 785 g/mol. The Morgan fingerprint density at radius 2 is 1.25 bits per heavy atom. The van der Waals surface area contributed by atoms with E-state index in [1.165, 1.54) is 25.3 Å². The van der Waals surface area contributed by atoms with Crippen molar-refractivity contribution in [3.05, 3.63) is 81.1 Å². The van der Waals surface area contributed by atoms with Gasteiger partial charge < -0.3 is 9.84 Å². The molecule has 0 bridgehead atoms. The lowest BCUT2D eigenvalue weighted by molar-refractivity contribution is -0.143. The van der Waals surface area contributed by atoms with Crippen molar-refractivity contribution >= 4 is 58.5 Å². The molecule has 1 aromatic carbocycles. The van der Waals surface area contributed by atoms with E-state index in [1.54, 1.807) is 6.08 Å². The van der Waals surface area contributed by atoms with Crippen molar-refractivity contribution in [1.29, 1.82) is 0 Å². The molecule has 3 aromatic rings. The number of hydrogen-bond acceptors (Lipinski definition) is 10. The highest BCUT2D eigenvalue weighted by Crippen LogP contribution is 2.59. The molecule has 2 saturated heterocycles. The van der Waals surface area contributed by atoms with Gasteiger partial charge in [0.15, 0.2) is 11.6 Å². The van der Waals surface area contributed by atoms with Crippen LogP contribution in [0.3, 0.4) is 0 Å². The third-order valence-electron chi connectivity index (χ3n) is 10.6. The van der Waals surface area contributed by atoms with Crippen LogP contribution in [0.2, 0.25) is 10.0 Å². The fraction of sp³-hybridized carbons (Fsp3) is 0.371. The quantitative estimate of drug-likeness (QED) is 0.172. The number of anilines is 2. The van der Waals surface area contributed by atoms with Gasteiger partial charge in [-0.2, -0.15) is 36.4 Å². The number of nitrogens with zero attached hydrogens (tertiary/aromatic N) is 6. The zero-order chi connectivity index (χ0) is 40.0. The van der Waals surface area contributed by atoms with Gasteiger partial charge in [0.25, 0.3) is 23.6 Å². The van der Waals surface area contributed by atoms with Crippen LogP contribution in [-0.4, -0.2) is 69.9 Å². The Kier molecular flexibility index (Phi) is 9.22. The number of aromatic nitrogens is 2. The largest absolute Gasteiger partial charge is 0.508 e. The lowest BCUT2D eigenvalue weighted by atomic mass is 9.57. The molecule has 7 rings (SSSR count). The fourth-order valence-electron chi connectivity index (χ4n) is 8.23. The van der Waals surface area contributed by atoms with E-state index >= 15 is 0 Å². The van der Waals surface area contributed by atoms with E-state index in [0.717, 1.165) is 36.2 Å². The molecule has 1 saturated carbocycles. The molecule has 0 spiro atoms. The highest BCUT2D eigenvalue weighted by Gasteiger charge is 2.63. The molecule has 6 atom stereocenters. The molecular formula is C35H28Cl2F6N6O6. The van der Waals surface area contributed by atoms with Crippen molar-refractivity contribution in [3.63, 3.8) is 0 Å². The van der Waals surface area contributed by atoms with Crippen molar-refractivity contribution < 1.29 is 55.4 Å². The summed E-state index contributed by atoms with van der Waals surface area (Å²) in [5.41, 5.74) is -2.10. The van der Waals surface area contributed by atoms with Gasteiger partial charge in [0, 0.05) is 25.6 Å². The maximum Gasteiger partial charge on any atom is 0.433 e. The van der Waals surface area contributed by atoms with Crippen molar-refractivity contribution in [2.45, 2.75) is 31.1 Å². The summed E-state index contributed by atoms with van der Waals surface area (Å²) in [5.74, 6) is -11.3. The average Bonchev–Trinajstić information content (AvgIpc) is 3.53. The first-order valence-electron chi connectivity index (χ1n) is 16.5. The third-order valence-corrected chi connectivity index (χ3v) is 11.2. The van der Waals surface area contributed by atoms with Gasteiger partial charge in [-0.15, -0.1) is 0 Å². The highest BCUT2D eigenvalue weighted by atomic mass is 35.5. The summed E-state index contributed by atoms with van der Waals surface area (Å²) in [6.07, 6.45) is -8.39. The second-order valence-electron chi connectivity index (χ2n) is 13.5. The van der Waals surface area contributed by atoms with Gasteiger partial charge in [-0.25, -0.2) is 9.97 Å². The standard InChI is InChI=1S/C35H28Cl2F6N6O6/c1-46(28-20(36)7-10-23(44-28)34(38,39)40)48-30(51)16-6-5-15-17(26(16)32(48)53)13-19-27(25(15)18-12-14(55-3)4-9-22(18)50)33(54)49(31(19)52)47(2)29-21(37)8-11-24(45-29)35(41,42)43/h4-5,7-12,16-17,19,25-27,50H,6,13H2,1-3H3/t16-,17+,19+,25+,26-,27+/m0/s1. The number of fused-ring (bicyclic) bond motifs is 4. The van der Waals surface area contributed by atoms with Gasteiger partial charge >= 0.3 is 12.4 Å². The number of aromatic hydroxyl groups is 1. The molecule has 290 valence electrons. The summed E-state index contributed by atoms with van der Waals surface area (Å²) < 4.78 is 87.0. The molecule has 0 unspecified atom stereocenters.